The molecule has 108 valence electrons. The maximum absolute atomic E-state index is 10.6. The zero-order valence-corrected chi connectivity index (χ0v) is 11.8. The van der Waals surface area contributed by atoms with Crippen molar-refractivity contribution in [2.24, 2.45) is 0 Å². The summed E-state index contributed by atoms with van der Waals surface area (Å²) in [5, 5.41) is 22.6. The minimum Gasteiger partial charge on any atom is -0.493 e. The van der Waals surface area contributed by atoms with E-state index in [1.807, 2.05) is 6.92 Å². The van der Waals surface area contributed by atoms with Gasteiger partial charge >= 0.3 is 0 Å². The SMILES string of the molecule is CNC(C)(C#N)CCCCOc1cccc([N+](=O)[O-])c1. The lowest BCUT2D eigenvalue weighted by Gasteiger charge is -2.20. The number of nitriles is 1. The Labute approximate surface area is 118 Å². The molecule has 1 aromatic carbocycles. The smallest absolute Gasteiger partial charge is 0.273 e. The Kier molecular flexibility index (Phi) is 5.94. The van der Waals surface area contributed by atoms with Crippen LogP contribution in [0.3, 0.4) is 0 Å². The zero-order valence-electron chi connectivity index (χ0n) is 11.8. The van der Waals surface area contributed by atoms with E-state index in [1.165, 1.54) is 12.1 Å². The first kappa shape index (κ1) is 15.9. The van der Waals surface area contributed by atoms with Gasteiger partial charge in [0, 0.05) is 6.07 Å². The van der Waals surface area contributed by atoms with E-state index in [9.17, 15) is 10.1 Å². The van der Waals surface area contributed by atoms with E-state index < -0.39 is 10.5 Å². The lowest BCUT2D eigenvalue weighted by atomic mass is 9.97. The first-order valence-electron chi connectivity index (χ1n) is 6.48. The van der Waals surface area contributed by atoms with E-state index >= 15 is 0 Å². The molecule has 1 N–H and O–H groups in total. The fraction of sp³-hybridized carbons (Fsp3) is 0.500. The Balaban J connectivity index is 2.33. The first-order chi connectivity index (χ1) is 9.50. The molecule has 0 heterocycles. The van der Waals surface area contributed by atoms with E-state index in [1.54, 1.807) is 19.2 Å². The average molecular weight is 277 g/mol. The molecule has 6 nitrogen and oxygen atoms in total. The molecule has 0 aliphatic carbocycles. The molecule has 0 saturated carbocycles. The van der Waals surface area contributed by atoms with Gasteiger partial charge in [-0.1, -0.05) is 6.07 Å². The average Bonchev–Trinajstić information content (AvgIpc) is 2.47. The number of hydrogen-bond acceptors (Lipinski definition) is 5. The van der Waals surface area contributed by atoms with Crippen molar-refractivity contribution >= 4 is 5.69 Å². The predicted molar refractivity (Wildman–Crippen MR) is 75.5 cm³/mol. The van der Waals surface area contributed by atoms with Crippen LogP contribution < -0.4 is 10.1 Å². The van der Waals surface area contributed by atoms with Gasteiger partial charge in [0.25, 0.3) is 5.69 Å². The Morgan fingerprint density at radius 3 is 2.85 bits per heavy atom. The van der Waals surface area contributed by atoms with E-state index in [0.717, 1.165) is 19.3 Å². The number of nitrogens with one attached hydrogen (secondary N) is 1. The van der Waals surface area contributed by atoms with Crippen molar-refractivity contribution in [1.82, 2.24) is 5.32 Å². The molecule has 20 heavy (non-hydrogen) atoms. The molecule has 6 heteroatoms. The molecule has 0 aromatic heterocycles. The minimum absolute atomic E-state index is 0.0229. The van der Waals surface area contributed by atoms with Gasteiger partial charge < -0.3 is 10.1 Å². The maximum atomic E-state index is 10.6. The van der Waals surface area contributed by atoms with Crippen LogP contribution in [0.4, 0.5) is 5.69 Å². The van der Waals surface area contributed by atoms with Gasteiger partial charge in [-0.2, -0.15) is 5.26 Å². The number of nitrogens with zero attached hydrogens (tertiary/aromatic N) is 2. The van der Waals surface area contributed by atoms with Gasteiger partial charge in [-0.3, -0.25) is 10.1 Å². The first-order valence-corrected chi connectivity index (χ1v) is 6.48. The highest BCUT2D eigenvalue weighted by atomic mass is 16.6. The highest BCUT2D eigenvalue weighted by Crippen LogP contribution is 2.19. The van der Waals surface area contributed by atoms with Crippen LogP contribution in [0.25, 0.3) is 0 Å². The number of rotatable bonds is 8. The fourth-order valence-corrected chi connectivity index (χ4v) is 1.69. The van der Waals surface area contributed by atoms with Crippen molar-refractivity contribution in [2.75, 3.05) is 13.7 Å². The molecular weight excluding hydrogens is 258 g/mol. The third-order valence-electron chi connectivity index (χ3n) is 3.17. The van der Waals surface area contributed by atoms with Crippen LogP contribution in [-0.4, -0.2) is 24.1 Å². The minimum atomic E-state index is -0.508. The van der Waals surface area contributed by atoms with Gasteiger partial charge in [0.15, 0.2) is 0 Å². The molecule has 1 unspecified atom stereocenters. The number of hydrogen-bond donors (Lipinski definition) is 1. The largest absolute Gasteiger partial charge is 0.493 e. The van der Waals surface area contributed by atoms with Crippen LogP contribution in [0, 0.1) is 21.4 Å². The van der Waals surface area contributed by atoms with Crippen molar-refractivity contribution in [1.29, 1.82) is 5.26 Å². The van der Waals surface area contributed by atoms with Gasteiger partial charge in [0.1, 0.15) is 11.3 Å². The maximum Gasteiger partial charge on any atom is 0.273 e. The van der Waals surface area contributed by atoms with Crippen molar-refractivity contribution in [2.45, 2.75) is 31.7 Å². The highest BCUT2D eigenvalue weighted by Gasteiger charge is 2.19. The molecule has 1 rings (SSSR count). The Morgan fingerprint density at radius 2 is 2.25 bits per heavy atom. The Bertz CT molecular complexity index is 499. The molecule has 0 bridgehead atoms. The molecule has 0 fully saturated rings. The van der Waals surface area contributed by atoms with Gasteiger partial charge in [-0.05, 0) is 39.3 Å². The summed E-state index contributed by atoms with van der Waals surface area (Å²) in [7, 11) is 1.77. The summed E-state index contributed by atoms with van der Waals surface area (Å²) in [4.78, 5) is 10.2. The highest BCUT2D eigenvalue weighted by molar-refractivity contribution is 5.37. The molecule has 1 aromatic rings. The number of ether oxygens (including phenoxy) is 1. The quantitative estimate of drug-likeness (QED) is 0.448. The number of nitro benzene ring substituents is 1. The Hall–Kier alpha value is -2.13. The molecule has 0 aliphatic heterocycles. The second-order valence-corrected chi connectivity index (χ2v) is 4.75. The second-order valence-electron chi connectivity index (χ2n) is 4.75. The summed E-state index contributed by atoms with van der Waals surface area (Å²) in [5.74, 6) is 0.496. The summed E-state index contributed by atoms with van der Waals surface area (Å²) in [6.07, 6.45) is 2.37. The van der Waals surface area contributed by atoms with Crippen LogP contribution in [0.5, 0.6) is 5.75 Å². The van der Waals surface area contributed by atoms with Crippen molar-refractivity contribution in [3.8, 4) is 11.8 Å². The van der Waals surface area contributed by atoms with Crippen molar-refractivity contribution < 1.29 is 9.66 Å². The molecule has 0 aliphatic rings. The van der Waals surface area contributed by atoms with Crippen LogP contribution in [0.2, 0.25) is 0 Å². The topological polar surface area (TPSA) is 88.2 Å². The predicted octanol–water partition coefficient (Wildman–Crippen LogP) is 2.65. The summed E-state index contributed by atoms with van der Waals surface area (Å²) in [6, 6.07) is 8.36. The van der Waals surface area contributed by atoms with Crippen LogP contribution in [0.1, 0.15) is 26.2 Å². The summed E-state index contributed by atoms with van der Waals surface area (Å²) in [5.41, 5.74) is -0.485. The molecule has 0 radical (unpaired) electrons. The summed E-state index contributed by atoms with van der Waals surface area (Å²) >= 11 is 0. The Morgan fingerprint density at radius 1 is 1.50 bits per heavy atom. The lowest BCUT2D eigenvalue weighted by Crippen LogP contribution is -2.37. The van der Waals surface area contributed by atoms with E-state index in [0.29, 0.717) is 12.4 Å². The zero-order chi connectivity index (χ0) is 15.0. The van der Waals surface area contributed by atoms with Crippen LogP contribution >= 0.6 is 0 Å². The van der Waals surface area contributed by atoms with E-state index in [-0.39, 0.29) is 5.69 Å². The molecule has 0 amide bonds. The van der Waals surface area contributed by atoms with Gasteiger partial charge in [-0.15, -0.1) is 0 Å². The summed E-state index contributed by atoms with van der Waals surface area (Å²) in [6.45, 7) is 2.33. The third kappa shape index (κ3) is 4.86. The van der Waals surface area contributed by atoms with Gasteiger partial charge in [0.05, 0.1) is 23.7 Å². The number of non-ortho nitro benzene ring substituents is 1. The molecule has 0 saturated heterocycles. The lowest BCUT2D eigenvalue weighted by molar-refractivity contribution is -0.384. The molecule has 0 spiro atoms. The summed E-state index contributed by atoms with van der Waals surface area (Å²) < 4.78 is 5.47. The standard InChI is InChI=1S/C14H19N3O3/c1-14(11-15,16-2)8-3-4-9-20-13-7-5-6-12(10-13)17(18)19/h5-7,10,16H,3-4,8-9H2,1-2H3. The third-order valence-corrected chi connectivity index (χ3v) is 3.17. The number of unbranched alkanes of at least 4 members (excludes halogenated alkanes) is 1. The van der Waals surface area contributed by atoms with Crippen molar-refractivity contribution in [3.05, 3.63) is 34.4 Å². The van der Waals surface area contributed by atoms with Crippen molar-refractivity contribution in [3.63, 3.8) is 0 Å². The normalized spacial score (nSPS) is 13.2. The fourth-order valence-electron chi connectivity index (χ4n) is 1.69. The molecule has 1 atom stereocenters. The number of benzene rings is 1. The molecular formula is C14H19N3O3. The second kappa shape index (κ2) is 7.46. The monoisotopic (exact) mass is 277 g/mol. The van der Waals surface area contributed by atoms with Gasteiger partial charge in [-0.25, -0.2) is 0 Å². The van der Waals surface area contributed by atoms with Crippen LogP contribution in [0.15, 0.2) is 24.3 Å². The van der Waals surface area contributed by atoms with Gasteiger partial charge in [0.2, 0.25) is 0 Å². The van der Waals surface area contributed by atoms with E-state index in [2.05, 4.69) is 11.4 Å². The van der Waals surface area contributed by atoms with E-state index in [4.69, 9.17) is 10.00 Å². The van der Waals surface area contributed by atoms with Crippen LogP contribution in [-0.2, 0) is 0 Å². The number of nitro groups is 1.